The molecule has 1 aromatic carbocycles. The number of amides is 1. The van der Waals surface area contributed by atoms with Crippen LogP contribution in [0, 0.1) is 13.8 Å². The summed E-state index contributed by atoms with van der Waals surface area (Å²) in [5, 5.41) is 3.92. The molecule has 1 N–H and O–H groups in total. The predicted molar refractivity (Wildman–Crippen MR) is 89.0 cm³/mol. The van der Waals surface area contributed by atoms with Crippen molar-refractivity contribution in [2.24, 2.45) is 5.10 Å². The molecule has 0 aliphatic rings. The highest BCUT2D eigenvalue weighted by atomic mass is 16.3. The van der Waals surface area contributed by atoms with E-state index in [4.69, 9.17) is 4.42 Å². The van der Waals surface area contributed by atoms with E-state index < -0.39 is 0 Å². The molecule has 116 valence electrons. The standard InChI is InChI=1S/C18H17N3O2/c1-13-11-17(14(2)21(13)15-7-4-3-5-8-15)18(22)20-19-12-16-9-6-10-23-16/h3-12H,1-2H3,(H,20,22). The molecule has 3 aromatic rings. The molecule has 0 fully saturated rings. The molecule has 2 heterocycles. The number of hydrogen-bond donors (Lipinski definition) is 1. The summed E-state index contributed by atoms with van der Waals surface area (Å²) in [6.45, 7) is 3.90. The number of nitrogens with one attached hydrogen (secondary N) is 1. The minimum Gasteiger partial charge on any atom is -0.463 e. The molecule has 0 atom stereocenters. The first kappa shape index (κ1) is 14.8. The van der Waals surface area contributed by atoms with E-state index in [1.165, 1.54) is 6.21 Å². The Bertz CT molecular complexity index is 831. The minimum atomic E-state index is -0.247. The Morgan fingerprint density at radius 2 is 1.96 bits per heavy atom. The van der Waals surface area contributed by atoms with Gasteiger partial charge in [0.2, 0.25) is 0 Å². The van der Waals surface area contributed by atoms with Crippen LogP contribution in [0.4, 0.5) is 0 Å². The Morgan fingerprint density at radius 1 is 1.17 bits per heavy atom. The maximum atomic E-state index is 12.3. The summed E-state index contributed by atoms with van der Waals surface area (Å²) in [5.41, 5.74) is 6.02. The van der Waals surface area contributed by atoms with Gasteiger partial charge in [-0.2, -0.15) is 5.10 Å². The van der Waals surface area contributed by atoms with Gasteiger partial charge in [0.05, 0.1) is 18.0 Å². The van der Waals surface area contributed by atoms with Gasteiger partial charge in [-0.25, -0.2) is 5.43 Å². The lowest BCUT2D eigenvalue weighted by Gasteiger charge is -2.09. The summed E-state index contributed by atoms with van der Waals surface area (Å²) in [6.07, 6.45) is 3.02. The second-order valence-electron chi connectivity index (χ2n) is 5.17. The zero-order chi connectivity index (χ0) is 16.2. The van der Waals surface area contributed by atoms with Gasteiger partial charge in [-0.3, -0.25) is 4.79 Å². The van der Waals surface area contributed by atoms with Crippen LogP contribution in [-0.2, 0) is 0 Å². The number of carbonyl (C=O) groups is 1. The summed E-state index contributed by atoms with van der Waals surface area (Å²) in [5.74, 6) is 0.336. The highest BCUT2D eigenvalue weighted by molar-refractivity contribution is 5.96. The average Bonchev–Trinajstić information content (AvgIpc) is 3.16. The van der Waals surface area contributed by atoms with E-state index in [0.717, 1.165) is 17.1 Å². The Morgan fingerprint density at radius 3 is 2.65 bits per heavy atom. The van der Waals surface area contributed by atoms with E-state index in [-0.39, 0.29) is 5.91 Å². The zero-order valence-corrected chi connectivity index (χ0v) is 13.0. The second kappa shape index (κ2) is 6.36. The SMILES string of the molecule is Cc1cc(C(=O)NN=Cc2ccco2)c(C)n1-c1ccccc1. The third kappa shape index (κ3) is 3.08. The molecule has 1 amide bonds. The second-order valence-corrected chi connectivity index (χ2v) is 5.17. The normalized spacial score (nSPS) is 11.0. The fourth-order valence-electron chi connectivity index (χ4n) is 2.55. The zero-order valence-electron chi connectivity index (χ0n) is 13.0. The number of aromatic nitrogens is 1. The highest BCUT2D eigenvalue weighted by Gasteiger charge is 2.16. The molecule has 0 spiro atoms. The maximum absolute atomic E-state index is 12.3. The molecule has 0 saturated heterocycles. The van der Waals surface area contributed by atoms with Crippen molar-refractivity contribution in [1.82, 2.24) is 9.99 Å². The molecule has 23 heavy (non-hydrogen) atoms. The Kier molecular flexibility index (Phi) is 4.10. The van der Waals surface area contributed by atoms with Gasteiger partial charge < -0.3 is 8.98 Å². The Balaban J connectivity index is 1.82. The van der Waals surface area contributed by atoms with E-state index in [1.807, 2.05) is 54.8 Å². The van der Waals surface area contributed by atoms with Gasteiger partial charge >= 0.3 is 0 Å². The summed E-state index contributed by atoms with van der Waals surface area (Å²) in [6, 6.07) is 15.3. The van der Waals surface area contributed by atoms with Crippen LogP contribution in [0.25, 0.3) is 5.69 Å². The molecule has 0 aliphatic carbocycles. The van der Waals surface area contributed by atoms with Crippen molar-refractivity contribution < 1.29 is 9.21 Å². The van der Waals surface area contributed by atoms with Gasteiger partial charge in [0, 0.05) is 17.1 Å². The third-order valence-electron chi connectivity index (χ3n) is 3.59. The number of furan rings is 1. The van der Waals surface area contributed by atoms with Crippen LogP contribution in [0.3, 0.4) is 0 Å². The van der Waals surface area contributed by atoms with Crippen LogP contribution in [0.2, 0.25) is 0 Å². The number of aryl methyl sites for hydroxylation is 1. The molecule has 0 aliphatic heterocycles. The minimum absolute atomic E-state index is 0.247. The number of hydrazone groups is 1. The monoisotopic (exact) mass is 307 g/mol. The van der Waals surface area contributed by atoms with Crippen LogP contribution in [0.5, 0.6) is 0 Å². The molecule has 0 unspecified atom stereocenters. The summed E-state index contributed by atoms with van der Waals surface area (Å²) < 4.78 is 7.17. The third-order valence-corrected chi connectivity index (χ3v) is 3.59. The van der Waals surface area contributed by atoms with Crippen molar-refractivity contribution >= 4 is 12.1 Å². The van der Waals surface area contributed by atoms with Gasteiger partial charge in [-0.1, -0.05) is 18.2 Å². The summed E-state index contributed by atoms with van der Waals surface area (Å²) >= 11 is 0. The van der Waals surface area contributed by atoms with Crippen LogP contribution >= 0.6 is 0 Å². The number of carbonyl (C=O) groups excluding carboxylic acids is 1. The van der Waals surface area contributed by atoms with Crippen molar-refractivity contribution in [3.05, 3.63) is 77.5 Å². The number of benzene rings is 1. The molecular weight excluding hydrogens is 290 g/mol. The van der Waals surface area contributed by atoms with Gasteiger partial charge in [-0.05, 0) is 44.2 Å². The summed E-state index contributed by atoms with van der Waals surface area (Å²) in [4.78, 5) is 12.3. The van der Waals surface area contributed by atoms with Gasteiger partial charge in [0.25, 0.3) is 5.91 Å². The fraction of sp³-hybridized carbons (Fsp3) is 0.111. The lowest BCUT2D eigenvalue weighted by molar-refractivity contribution is 0.0954. The van der Waals surface area contributed by atoms with Gasteiger partial charge in [0.15, 0.2) is 0 Å². The molecule has 3 rings (SSSR count). The Hall–Kier alpha value is -3.08. The molecule has 2 aromatic heterocycles. The van der Waals surface area contributed by atoms with Crippen molar-refractivity contribution in [3.63, 3.8) is 0 Å². The number of hydrogen-bond acceptors (Lipinski definition) is 3. The highest BCUT2D eigenvalue weighted by Crippen LogP contribution is 2.20. The van der Waals surface area contributed by atoms with E-state index in [0.29, 0.717) is 11.3 Å². The van der Waals surface area contributed by atoms with Crippen molar-refractivity contribution in [3.8, 4) is 5.69 Å². The first-order chi connectivity index (χ1) is 11.2. The number of nitrogens with zero attached hydrogens (tertiary/aromatic N) is 2. The lowest BCUT2D eigenvalue weighted by atomic mass is 10.2. The molecule has 5 nitrogen and oxygen atoms in total. The number of rotatable bonds is 4. The first-order valence-electron chi connectivity index (χ1n) is 7.28. The molecular formula is C18H17N3O2. The van der Waals surface area contributed by atoms with Crippen LogP contribution in [0.15, 0.2) is 64.3 Å². The largest absolute Gasteiger partial charge is 0.463 e. The van der Waals surface area contributed by atoms with E-state index >= 15 is 0 Å². The lowest BCUT2D eigenvalue weighted by Crippen LogP contribution is -2.18. The topological polar surface area (TPSA) is 59.5 Å². The smallest absolute Gasteiger partial charge is 0.273 e. The number of para-hydroxylation sites is 1. The molecule has 0 saturated carbocycles. The molecule has 5 heteroatoms. The van der Waals surface area contributed by atoms with Crippen molar-refractivity contribution in [2.75, 3.05) is 0 Å². The Labute approximate surface area is 134 Å². The van der Waals surface area contributed by atoms with Crippen LogP contribution < -0.4 is 5.43 Å². The maximum Gasteiger partial charge on any atom is 0.273 e. The predicted octanol–water partition coefficient (Wildman–Crippen LogP) is 3.45. The van der Waals surface area contributed by atoms with E-state index in [9.17, 15) is 4.79 Å². The fourth-order valence-corrected chi connectivity index (χ4v) is 2.55. The average molecular weight is 307 g/mol. The van der Waals surface area contributed by atoms with E-state index in [1.54, 1.807) is 18.4 Å². The van der Waals surface area contributed by atoms with Gasteiger partial charge in [-0.15, -0.1) is 0 Å². The van der Waals surface area contributed by atoms with Gasteiger partial charge in [0.1, 0.15) is 5.76 Å². The van der Waals surface area contributed by atoms with Crippen molar-refractivity contribution in [1.29, 1.82) is 0 Å². The molecule has 0 bridgehead atoms. The first-order valence-corrected chi connectivity index (χ1v) is 7.28. The molecule has 0 radical (unpaired) electrons. The van der Waals surface area contributed by atoms with Crippen LogP contribution in [0.1, 0.15) is 27.5 Å². The summed E-state index contributed by atoms with van der Waals surface area (Å²) in [7, 11) is 0. The van der Waals surface area contributed by atoms with E-state index in [2.05, 4.69) is 10.5 Å². The van der Waals surface area contributed by atoms with Crippen molar-refractivity contribution in [2.45, 2.75) is 13.8 Å². The van der Waals surface area contributed by atoms with Crippen LogP contribution in [-0.4, -0.2) is 16.7 Å². The quantitative estimate of drug-likeness (QED) is 0.593.